The Morgan fingerprint density at radius 1 is 1.07 bits per heavy atom. The number of ether oxygens (including phenoxy) is 1. The lowest BCUT2D eigenvalue weighted by Gasteiger charge is -2.28. The molecule has 1 saturated heterocycles. The molecule has 8 heteroatoms. The van der Waals surface area contributed by atoms with Crippen molar-refractivity contribution < 1.29 is 9.53 Å². The van der Waals surface area contributed by atoms with Crippen LogP contribution in [0.2, 0.25) is 0 Å². The summed E-state index contributed by atoms with van der Waals surface area (Å²) in [7, 11) is 0. The second-order valence-corrected chi connectivity index (χ2v) is 6.70. The lowest BCUT2D eigenvalue weighted by atomic mass is 10.2. The number of carbonyl (C=O) groups excluding carboxylic acids is 1. The van der Waals surface area contributed by atoms with Crippen molar-refractivity contribution in [2.24, 2.45) is 0 Å². The SMILES string of the molecule is Cc1cc(=O)c(C(=O)Nc2ccc(N3CCOCC3)cn2)nn1-c1ccccc1. The van der Waals surface area contributed by atoms with Crippen molar-refractivity contribution in [1.82, 2.24) is 14.8 Å². The summed E-state index contributed by atoms with van der Waals surface area (Å²) in [5.41, 5.74) is 1.76. The van der Waals surface area contributed by atoms with Gasteiger partial charge in [0.1, 0.15) is 5.82 Å². The lowest BCUT2D eigenvalue weighted by Crippen LogP contribution is -2.36. The Balaban J connectivity index is 1.54. The van der Waals surface area contributed by atoms with Crippen molar-refractivity contribution >= 4 is 17.4 Å². The molecule has 1 amide bonds. The van der Waals surface area contributed by atoms with Crippen LogP contribution < -0.4 is 15.6 Å². The molecular formula is C21H21N5O3. The van der Waals surface area contributed by atoms with Crippen LogP contribution in [-0.4, -0.2) is 47.0 Å². The lowest BCUT2D eigenvalue weighted by molar-refractivity contribution is 0.101. The Hall–Kier alpha value is -3.52. The van der Waals surface area contributed by atoms with Gasteiger partial charge in [-0.1, -0.05) is 18.2 Å². The van der Waals surface area contributed by atoms with E-state index in [2.05, 4.69) is 20.3 Å². The van der Waals surface area contributed by atoms with E-state index in [0.717, 1.165) is 24.5 Å². The van der Waals surface area contributed by atoms with Crippen molar-refractivity contribution in [1.29, 1.82) is 0 Å². The summed E-state index contributed by atoms with van der Waals surface area (Å²) in [6.45, 7) is 4.75. The van der Waals surface area contributed by atoms with Crippen molar-refractivity contribution in [3.8, 4) is 5.69 Å². The zero-order chi connectivity index (χ0) is 20.2. The number of carbonyl (C=O) groups is 1. The van der Waals surface area contributed by atoms with Gasteiger partial charge in [0, 0.05) is 24.8 Å². The Bertz CT molecular complexity index is 1060. The molecule has 3 heterocycles. The van der Waals surface area contributed by atoms with E-state index in [-0.39, 0.29) is 5.69 Å². The van der Waals surface area contributed by atoms with Crippen LogP contribution in [0.5, 0.6) is 0 Å². The van der Waals surface area contributed by atoms with Crippen LogP contribution in [0.25, 0.3) is 5.69 Å². The van der Waals surface area contributed by atoms with Gasteiger partial charge in [-0.15, -0.1) is 0 Å². The monoisotopic (exact) mass is 391 g/mol. The molecule has 0 spiro atoms. The molecule has 0 bridgehead atoms. The van der Waals surface area contributed by atoms with Crippen LogP contribution in [-0.2, 0) is 4.74 Å². The van der Waals surface area contributed by atoms with E-state index in [4.69, 9.17) is 4.74 Å². The Morgan fingerprint density at radius 2 is 1.83 bits per heavy atom. The predicted molar refractivity (Wildman–Crippen MR) is 110 cm³/mol. The fourth-order valence-corrected chi connectivity index (χ4v) is 3.18. The number of aryl methyl sites for hydroxylation is 1. The van der Waals surface area contributed by atoms with Gasteiger partial charge < -0.3 is 15.0 Å². The van der Waals surface area contributed by atoms with Crippen molar-refractivity contribution in [3.63, 3.8) is 0 Å². The summed E-state index contributed by atoms with van der Waals surface area (Å²) in [6, 6.07) is 14.4. The highest BCUT2D eigenvalue weighted by atomic mass is 16.5. The standard InChI is InChI=1S/C21H21N5O3/c1-15-13-18(27)20(24-26(15)16-5-3-2-4-6-16)21(28)23-19-8-7-17(14-22-19)25-9-11-29-12-10-25/h2-8,13-14H,9-12H2,1H3,(H,22,23,28). The number of morpholine rings is 1. The summed E-state index contributed by atoms with van der Waals surface area (Å²) < 4.78 is 6.92. The fraction of sp³-hybridized carbons (Fsp3) is 0.238. The molecule has 8 nitrogen and oxygen atoms in total. The van der Waals surface area contributed by atoms with Gasteiger partial charge in [0.2, 0.25) is 5.43 Å². The maximum Gasteiger partial charge on any atom is 0.281 e. The van der Waals surface area contributed by atoms with Gasteiger partial charge in [-0.05, 0) is 31.2 Å². The predicted octanol–water partition coefficient (Wildman–Crippen LogP) is 2.02. The Kier molecular flexibility index (Phi) is 5.35. The van der Waals surface area contributed by atoms with Crippen LogP contribution in [0.4, 0.5) is 11.5 Å². The number of nitrogens with zero attached hydrogens (tertiary/aromatic N) is 4. The van der Waals surface area contributed by atoms with Gasteiger partial charge in [-0.2, -0.15) is 5.10 Å². The highest BCUT2D eigenvalue weighted by Crippen LogP contribution is 2.17. The molecule has 0 atom stereocenters. The van der Waals surface area contributed by atoms with E-state index >= 15 is 0 Å². The van der Waals surface area contributed by atoms with Gasteiger partial charge in [-0.3, -0.25) is 9.59 Å². The van der Waals surface area contributed by atoms with E-state index in [1.807, 2.05) is 36.4 Å². The van der Waals surface area contributed by atoms with Crippen molar-refractivity contribution in [2.45, 2.75) is 6.92 Å². The summed E-state index contributed by atoms with van der Waals surface area (Å²) in [5.74, 6) is -0.230. The van der Waals surface area contributed by atoms with Crippen LogP contribution in [0, 0.1) is 6.92 Å². The molecule has 4 rings (SSSR count). The fourth-order valence-electron chi connectivity index (χ4n) is 3.18. The normalized spacial score (nSPS) is 13.9. The van der Waals surface area contributed by atoms with E-state index in [9.17, 15) is 9.59 Å². The summed E-state index contributed by atoms with van der Waals surface area (Å²) in [6.07, 6.45) is 1.70. The molecule has 1 N–H and O–H groups in total. The van der Waals surface area contributed by atoms with Gasteiger partial charge in [0.05, 0.1) is 30.8 Å². The van der Waals surface area contributed by atoms with Gasteiger partial charge in [0.15, 0.2) is 5.69 Å². The van der Waals surface area contributed by atoms with Crippen molar-refractivity contribution in [2.75, 3.05) is 36.5 Å². The number of para-hydroxylation sites is 1. The first kappa shape index (κ1) is 18.8. The first-order valence-corrected chi connectivity index (χ1v) is 9.38. The molecule has 1 aromatic carbocycles. The molecule has 1 fully saturated rings. The van der Waals surface area contributed by atoms with Gasteiger partial charge in [-0.25, -0.2) is 9.67 Å². The minimum atomic E-state index is -0.591. The average Bonchev–Trinajstić information content (AvgIpc) is 2.75. The molecule has 1 aliphatic heterocycles. The molecule has 0 radical (unpaired) electrons. The number of aromatic nitrogens is 3. The molecule has 0 aliphatic carbocycles. The molecule has 2 aromatic heterocycles. The maximum absolute atomic E-state index is 12.7. The number of pyridine rings is 1. The largest absolute Gasteiger partial charge is 0.378 e. The first-order chi connectivity index (χ1) is 14.1. The molecule has 29 heavy (non-hydrogen) atoms. The topological polar surface area (TPSA) is 89.3 Å². The maximum atomic E-state index is 12.7. The Morgan fingerprint density at radius 3 is 2.52 bits per heavy atom. The minimum Gasteiger partial charge on any atom is -0.378 e. The summed E-state index contributed by atoms with van der Waals surface area (Å²) in [5, 5.41) is 6.93. The number of hydrogen-bond acceptors (Lipinski definition) is 6. The number of rotatable bonds is 4. The smallest absolute Gasteiger partial charge is 0.281 e. The second-order valence-electron chi connectivity index (χ2n) is 6.70. The third-order valence-corrected chi connectivity index (χ3v) is 4.69. The first-order valence-electron chi connectivity index (χ1n) is 9.38. The van der Waals surface area contributed by atoms with Crippen LogP contribution in [0.3, 0.4) is 0 Å². The molecule has 0 unspecified atom stereocenters. The summed E-state index contributed by atoms with van der Waals surface area (Å²) >= 11 is 0. The number of anilines is 2. The Labute approximate surface area is 167 Å². The molecular weight excluding hydrogens is 370 g/mol. The highest BCUT2D eigenvalue weighted by molar-refractivity contribution is 6.02. The third-order valence-electron chi connectivity index (χ3n) is 4.69. The van der Waals surface area contributed by atoms with Crippen LogP contribution in [0.15, 0.2) is 59.5 Å². The second kappa shape index (κ2) is 8.24. The number of benzene rings is 1. The van der Waals surface area contributed by atoms with Crippen LogP contribution in [0.1, 0.15) is 16.2 Å². The van der Waals surface area contributed by atoms with Crippen LogP contribution >= 0.6 is 0 Å². The highest BCUT2D eigenvalue weighted by Gasteiger charge is 2.17. The summed E-state index contributed by atoms with van der Waals surface area (Å²) in [4.78, 5) is 31.5. The van der Waals surface area contributed by atoms with Gasteiger partial charge in [0.25, 0.3) is 5.91 Å². The van der Waals surface area contributed by atoms with Gasteiger partial charge >= 0.3 is 0 Å². The molecule has 1 aliphatic rings. The van der Waals surface area contributed by atoms with E-state index < -0.39 is 11.3 Å². The number of amides is 1. The molecule has 148 valence electrons. The zero-order valence-electron chi connectivity index (χ0n) is 16.0. The molecule has 3 aromatic rings. The third kappa shape index (κ3) is 4.17. The zero-order valence-corrected chi connectivity index (χ0v) is 16.0. The van der Waals surface area contributed by atoms with E-state index in [1.54, 1.807) is 23.9 Å². The van der Waals surface area contributed by atoms with E-state index in [1.165, 1.54) is 6.07 Å². The van der Waals surface area contributed by atoms with E-state index in [0.29, 0.717) is 24.7 Å². The quantitative estimate of drug-likeness (QED) is 0.732. The minimum absolute atomic E-state index is 0.182. The molecule has 0 saturated carbocycles. The number of nitrogens with one attached hydrogen (secondary N) is 1. The average molecular weight is 391 g/mol. The van der Waals surface area contributed by atoms with Crippen molar-refractivity contribution in [3.05, 3.63) is 76.3 Å². The number of hydrogen-bond donors (Lipinski definition) is 1.